The van der Waals surface area contributed by atoms with Crippen molar-refractivity contribution in [1.82, 2.24) is 5.32 Å². The lowest BCUT2D eigenvalue weighted by Gasteiger charge is -2.39. The van der Waals surface area contributed by atoms with Gasteiger partial charge in [-0.15, -0.1) is 0 Å². The number of rotatable bonds is 5. The van der Waals surface area contributed by atoms with Gasteiger partial charge >= 0.3 is 0 Å². The van der Waals surface area contributed by atoms with Crippen LogP contribution in [0, 0.1) is 5.92 Å². The Balaban J connectivity index is 2.07. The molecule has 2 heteroatoms. The normalized spacial score (nSPS) is 23.2. The van der Waals surface area contributed by atoms with E-state index in [4.69, 9.17) is 4.74 Å². The first kappa shape index (κ1) is 10.0. The summed E-state index contributed by atoms with van der Waals surface area (Å²) in [5.74, 6) is 0.715. The molecule has 1 unspecified atom stereocenters. The van der Waals surface area contributed by atoms with Gasteiger partial charge in [-0.1, -0.05) is 20.3 Å². The fourth-order valence-electron chi connectivity index (χ4n) is 1.50. The van der Waals surface area contributed by atoms with Gasteiger partial charge in [-0.05, 0) is 19.3 Å². The molecule has 1 heterocycles. The summed E-state index contributed by atoms with van der Waals surface area (Å²) in [5, 5.41) is 3.23. The van der Waals surface area contributed by atoms with Crippen molar-refractivity contribution in [3.63, 3.8) is 0 Å². The van der Waals surface area contributed by atoms with E-state index in [2.05, 4.69) is 26.1 Å². The topological polar surface area (TPSA) is 21.3 Å². The molecule has 12 heavy (non-hydrogen) atoms. The summed E-state index contributed by atoms with van der Waals surface area (Å²) < 4.78 is 5.82. The molecule has 0 radical (unpaired) electrons. The minimum Gasteiger partial charge on any atom is -0.372 e. The van der Waals surface area contributed by atoms with Crippen LogP contribution in [0.3, 0.4) is 0 Å². The van der Waals surface area contributed by atoms with E-state index in [9.17, 15) is 0 Å². The first-order valence-corrected chi connectivity index (χ1v) is 5.01. The molecule has 1 fully saturated rings. The molecular formula is C10H21NO. The molecule has 1 aliphatic heterocycles. The van der Waals surface area contributed by atoms with Crippen LogP contribution in [0.4, 0.5) is 0 Å². The Bertz CT molecular complexity index is 132. The summed E-state index contributed by atoms with van der Waals surface area (Å²) >= 11 is 0. The third-order valence-corrected chi connectivity index (χ3v) is 2.50. The van der Waals surface area contributed by atoms with Crippen LogP contribution >= 0.6 is 0 Å². The Kier molecular flexibility index (Phi) is 3.53. The number of ether oxygens (including phenoxy) is 1. The summed E-state index contributed by atoms with van der Waals surface area (Å²) in [4.78, 5) is 0. The molecule has 0 spiro atoms. The Hall–Kier alpha value is -0.0800. The maximum absolute atomic E-state index is 5.82. The van der Waals surface area contributed by atoms with E-state index >= 15 is 0 Å². The second-order valence-electron chi connectivity index (χ2n) is 4.26. The summed E-state index contributed by atoms with van der Waals surface area (Å²) in [7, 11) is 0. The van der Waals surface area contributed by atoms with E-state index in [-0.39, 0.29) is 5.60 Å². The second kappa shape index (κ2) is 4.24. The Morgan fingerprint density at radius 1 is 1.50 bits per heavy atom. The zero-order valence-electron chi connectivity index (χ0n) is 8.52. The molecule has 0 amide bonds. The van der Waals surface area contributed by atoms with Crippen molar-refractivity contribution < 1.29 is 4.74 Å². The van der Waals surface area contributed by atoms with Crippen molar-refractivity contribution in [2.45, 2.75) is 39.2 Å². The predicted molar refractivity (Wildman–Crippen MR) is 51.3 cm³/mol. The summed E-state index contributed by atoms with van der Waals surface area (Å²) in [6, 6.07) is 0. The fraction of sp³-hybridized carbons (Fsp3) is 1.00. The third kappa shape index (κ3) is 2.76. The summed E-state index contributed by atoms with van der Waals surface area (Å²) in [6.07, 6.45) is 2.54. The Morgan fingerprint density at radius 3 is 2.58 bits per heavy atom. The summed E-state index contributed by atoms with van der Waals surface area (Å²) in [6.45, 7) is 9.63. The zero-order chi connectivity index (χ0) is 9.03. The maximum atomic E-state index is 5.82. The van der Waals surface area contributed by atoms with Gasteiger partial charge in [0.25, 0.3) is 0 Å². The first-order valence-electron chi connectivity index (χ1n) is 5.01. The molecule has 0 aliphatic carbocycles. The minimum atomic E-state index is 0.141. The smallest absolute Gasteiger partial charge is 0.0901 e. The van der Waals surface area contributed by atoms with Gasteiger partial charge in [-0.2, -0.15) is 0 Å². The van der Waals surface area contributed by atoms with Crippen LogP contribution in [-0.2, 0) is 4.74 Å². The molecule has 1 rings (SSSR count). The van der Waals surface area contributed by atoms with E-state index in [0.717, 1.165) is 19.7 Å². The molecule has 1 N–H and O–H groups in total. The third-order valence-electron chi connectivity index (χ3n) is 2.50. The van der Waals surface area contributed by atoms with Gasteiger partial charge in [-0.25, -0.2) is 0 Å². The van der Waals surface area contributed by atoms with Crippen LogP contribution in [0.5, 0.6) is 0 Å². The number of nitrogens with one attached hydrogen (secondary N) is 1. The Labute approximate surface area is 75.7 Å². The number of hydrogen-bond acceptors (Lipinski definition) is 2. The average Bonchev–Trinajstić information content (AvgIpc) is 1.98. The molecule has 1 atom stereocenters. The van der Waals surface area contributed by atoms with Crippen molar-refractivity contribution in [3.8, 4) is 0 Å². The van der Waals surface area contributed by atoms with Gasteiger partial charge in [0.05, 0.1) is 5.60 Å². The van der Waals surface area contributed by atoms with Gasteiger partial charge in [0.15, 0.2) is 0 Å². The first-order chi connectivity index (χ1) is 5.66. The van der Waals surface area contributed by atoms with Crippen LogP contribution in [0.15, 0.2) is 0 Å². The van der Waals surface area contributed by atoms with Crippen molar-refractivity contribution in [3.05, 3.63) is 0 Å². The summed E-state index contributed by atoms with van der Waals surface area (Å²) in [5.41, 5.74) is 0.141. The fourth-order valence-corrected chi connectivity index (χ4v) is 1.50. The van der Waals surface area contributed by atoms with Crippen LogP contribution in [-0.4, -0.2) is 25.3 Å². The van der Waals surface area contributed by atoms with E-state index in [1.54, 1.807) is 0 Å². The minimum absolute atomic E-state index is 0.141. The molecule has 72 valence electrons. The number of hydrogen-bond donors (Lipinski definition) is 1. The van der Waals surface area contributed by atoms with Gasteiger partial charge in [-0.3, -0.25) is 0 Å². The van der Waals surface area contributed by atoms with Crippen LogP contribution < -0.4 is 5.32 Å². The quantitative estimate of drug-likeness (QED) is 0.681. The molecule has 1 saturated heterocycles. The van der Waals surface area contributed by atoms with Crippen LogP contribution in [0.25, 0.3) is 0 Å². The van der Waals surface area contributed by atoms with Crippen LogP contribution in [0.1, 0.15) is 33.6 Å². The standard InChI is InChI=1S/C10H21NO/c1-4-5-9(2)6-12-10(3)7-11-8-10/h9,11H,4-8H2,1-3H3. The highest BCUT2D eigenvalue weighted by Gasteiger charge is 2.32. The van der Waals surface area contributed by atoms with E-state index in [0.29, 0.717) is 5.92 Å². The molecule has 0 aromatic heterocycles. The van der Waals surface area contributed by atoms with Gasteiger partial charge in [0.2, 0.25) is 0 Å². The highest BCUT2D eigenvalue weighted by molar-refractivity contribution is 4.90. The lowest BCUT2D eigenvalue weighted by atomic mass is 9.99. The Morgan fingerprint density at radius 2 is 2.17 bits per heavy atom. The van der Waals surface area contributed by atoms with Crippen molar-refractivity contribution >= 4 is 0 Å². The lowest BCUT2D eigenvalue weighted by molar-refractivity contribution is -0.0788. The largest absolute Gasteiger partial charge is 0.372 e. The molecular weight excluding hydrogens is 150 g/mol. The molecule has 0 aromatic carbocycles. The SMILES string of the molecule is CCCC(C)COC1(C)CNC1. The molecule has 1 aliphatic rings. The maximum Gasteiger partial charge on any atom is 0.0901 e. The van der Waals surface area contributed by atoms with Crippen LogP contribution in [0.2, 0.25) is 0 Å². The van der Waals surface area contributed by atoms with E-state index in [1.165, 1.54) is 12.8 Å². The van der Waals surface area contributed by atoms with Gasteiger partial charge in [0.1, 0.15) is 0 Å². The van der Waals surface area contributed by atoms with Gasteiger partial charge < -0.3 is 10.1 Å². The monoisotopic (exact) mass is 171 g/mol. The lowest BCUT2D eigenvalue weighted by Crippen LogP contribution is -2.59. The zero-order valence-corrected chi connectivity index (χ0v) is 8.52. The molecule has 2 nitrogen and oxygen atoms in total. The molecule has 0 bridgehead atoms. The van der Waals surface area contributed by atoms with Crippen molar-refractivity contribution in [2.24, 2.45) is 5.92 Å². The highest BCUT2D eigenvalue weighted by Crippen LogP contribution is 2.17. The highest BCUT2D eigenvalue weighted by atomic mass is 16.5. The molecule has 0 aromatic rings. The predicted octanol–water partition coefficient (Wildman–Crippen LogP) is 1.80. The molecule has 0 saturated carbocycles. The average molecular weight is 171 g/mol. The van der Waals surface area contributed by atoms with Crippen molar-refractivity contribution in [2.75, 3.05) is 19.7 Å². The van der Waals surface area contributed by atoms with Gasteiger partial charge in [0, 0.05) is 19.7 Å². The van der Waals surface area contributed by atoms with E-state index in [1.807, 2.05) is 0 Å². The van der Waals surface area contributed by atoms with Crippen molar-refractivity contribution in [1.29, 1.82) is 0 Å². The van der Waals surface area contributed by atoms with E-state index < -0.39 is 0 Å². The second-order valence-corrected chi connectivity index (χ2v) is 4.26.